The summed E-state index contributed by atoms with van der Waals surface area (Å²) in [5.41, 5.74) is 6.31. The second-order valence-corrected chi connectivity index (χ2v) is 6.00. The number of rotatable bonds is 5. The Hall–Kier alpha value is -3.28. The van der Waals surface area contributed by atoms with Gasteiger partial charge in [-0.2, -0.15) is 10.2 Å². The molecule has 1 heterocycles. The van der Waals surface area contributed by atoms with Crippen LogP contribution in [0.4, 0.5) is 4.39 Å². The van der Waals surface area contributed by atoms with E-state index in [0.717, 1.165) is 17.0 Å². The average molecular weight is 350 g/mol. The minimum atomic E-state index is -0.390. The number of halogens is 1. The monoisotopic (exact) mass is 350 g/mol. The highest BCUT2D eigenvalue weighted by molar-refractivity contribution is 5.94. The zero-order valence-corrected chi connectivity index (χ0v) is 14.6. The molecule has 1 amide bonds. The molecule has 0 unspecified atom stereocenters. The summed E-state index contributed by atoms with van der Waals surface area (Å²) in [4.78, 5) is 12.1. The van der Waals surface area contributed by atoms with E-state index in [9.17, 15) is 9.18 Å². The third-order valence-corrected chi connectivity index (χ3v) is 3.93. The highest BCUT2D eigenvalue weighted by Crippen LogP contribution is 2.09. The summed E-state index contributed by atoms with van der Waals surface area (Å²) in [6.07, 6.45) is 1.28. The molecule has 0 atom stereocenters. The van der Waals surface area contributed by atoms with Gasteiger partial charge in [0.1, 0.15) is 5.82 Å². The molecule has 26 heavy (non-hydrogen) atoms. The molecule has 0 aliphatic rings. The van der Waals surface area contributed by atoms with Crippen molar-refractivity contribution in [3.63, 3.8) is 0 Å². The summed E-state index contributed by atoms with van der Waals surface area (Å²) in [6.45, 7) is 4.61. The Morgan fingerprint density at radius 1 is 1.19 bits per heavy atom. The van der Waals surface area contributed by atoms with E-state index in [-0.39, 0.29) is 11.7 Å². The molecule has 6 heteroatoms. The Morgan fingerprint density at radius 3 is 2.58 bits per heavy atom. The lowest BCUT2D eigenvalue weighted by atomic mass is 10.1. The third kappa shape index (κ3) is 4.22. The number of carbonyl (C=O) groups is 1. The first-order valence-electron chi connectivity index (χ1n) is 8.21. The maximum atomic E-state index is 13.5. The number of nitrogens with zero attached hydrogens (tertiary/aromatic N) is 3. The largest absolute Gasteiger partial charge is 0.271 e. The van der Waals surface area contributed by atoms with Gasteiger partial charge in [0.15, 0.2) is 0 Å². The Labute approximate surface area is 151 Å². The van der Waals surface area contributed by atoms with E-state index in [1.165, 1.54) is 12.3 Å². The van der Waals surface area contributed by atoms with Crippen LogP contribution in [0.25, 0.3) is 0 Å². The van der Waals surface area contributed by atoms with Crippen molar-refractivity contribution in [1.29, 1.82) is 0 Å². The van der Waals surface area contributed by atoms with Crippen molar-refractivity contribution in [3.05, 3.63) is 88.5 Å². The molecule has 2 aromatic carbocycles. The fourth-order valence-corrected chi connectivity index (χ4v) is 2.57. The molecule has 0 bridgehead atoms. The Balaban J connectivity index is 1.62. The van der Waals surface area contributed by atoms with Crippen LogP contribution >= 0.6 is 0 Å². The highest BCUT2D eigenvalue weighted by atomic mass is 19.1. The quantitative estimate of drug-likeness (QED) is 0.566. The lowest BCUT2D eigenvalue weighted by molar-refractivity contribution is 0.0955. The predicted octanol–water partition coefficient (Wildman–Crippen LogP) is 3.45. The summed E-state index contributed by atoms with van der Waals surface area (Å²) in [7, 11) is 0. The summed E-state index contributed by atoms with van der Waals surface area (Å²) < 4.78 is 15.4. The first-order valence-corrected chi connectivity index (χ1v) is 8.21. The van der Waals surface area contributed by atoms with Crippen LogP contribution in [0.3, 0.4) is 0 Å². The fourth-order valence-electron chi connectivity index (χ4n) is 2.57. The molecule has 0 saturated carbocycles. The van der Waals surface area contributed by atoms with Crippen molar-refractivity contribution in [2.75, 3.05) is 0 Å². The van der Waals surface area contributed by atoms with Crippen molar-refractivity contribution in [3.8, 4) is 0 Å². The molecule has 0 spiro atoms. The zero-order valence-electron chi connectivity index (χ0n) is 14.6. The van der Waals surface area contributed by atoms with Gasteiger partial charge in [-0.25, -0.2) is 9.82 Å². The normalized spacial score (nSPS) is 11.0. The number of hydrazone groups is 1. The SMILES string of the molecule is Cc1cc(C)n(Cc2ccc(C(=O)NN=Cc3ccccc3F)cc2)n1. The van der Waals surface area contributed by atoms with E-state index in [1.54, 1.807) is 30.3 Å². The Bertz CT molecular complexity index is 945. The van der Waals surface area contributed by atoms with Gasteiger partial charge >= 0.3 is 0 Å². The minimum Gasteiger partial charge on any atom is -0.267 e. The van der Waals surface area contributed by atoms with Crippen LogP contribution in [0.5, 0.6) is 0 Å². The zero-order chi connectivity index (χ0) is 18.5. The van der Waals surface area contributed by atoms with Gasteiger partial charge in [-0.15, -0.1) is 0 Å². The van der Waals surface area contributed by atoms with Crippen LogP contribution < -0.4 is 5.43 Å². The van der Waals surface area contributed by atoms with E-state index in [0.29, 0.717) is 17.7 Å². The van der Waals surface area contributed by atoms with Crippen LogP contribution in [-0.2, 0) is 6.54 Å². The minimum absolute atomic E-state index is 0.313. The van der Waals surface area contributed by atoms with E-state index in [1.807, 2.05) is 36.7 Å². The summed E-state index contributed by atoms with van der Waals surface area (Å²) in [6, 6.07) is 15.5. The highest BCUT2D eigenvalue weighted by Gasteiger charge is 2.06. The van der Waals surface area contributed by atoms with Gasteiger partial charge in [0.05, 0.1) is 18.5 Å². The molecular formula is C20H19FN4O. The molecule has 3 rings (SSSR count). The Kier molecular flexibility index (Phi) is 5.22. The maximum absolute atomic E-state index is 13.5. The standard InChI is InChI=1S/C20H19FN4O/c1-14-11-15(2)25(24-14)13-16-7-9-17(10-8-16)20(26)23-22-12-18-5-3-4-6-19(18)21/h3-12H,13H2,1-2H3,(H,23,26). The molecule has 132 valence electrons. The lowest BCUT2D eigenvalue weighted by Gasteiger charge is -2.06. The summed E-state index contributed by atoms with van der Waals surface area (Å²) >= 11 is 0. The van der Waals surface area contributed by atoms with Crippen molar-refractivity contribution in [1.82, 2.24) is 15.2 Å². The van der Waals surface area contributed by atoms with Gasteiger partial charge in [0, 0.05) is 16.8 Å². The average Bonchev–Trinajstić information content (AvgIpc) is 2.94. The molecule has 1 aromatic heterocycles. The van der Waals surface area contributed by atoms with Gasteiger partial charge in [0.2, 0.25) is 0 Å². The number of hydrogen-bond donors (Lipinski definition) is 1. The molecule has 0 aliphatic carbocycles. The molecule has 0 aliphatic heterocycles. The van der Waals surface area contributed by atoms with Crippen LogP contribution in [0.15, 0.2) is 59.7 Å². The molecule has 5 nitrogen and oxygen atoms in total. The fraction of sp³-hybridized carbons (Fsp3) is 0.150. The van der Waals surface area contributed by atoms with E-state index < -0.39 is 0 Å². The first kappa shape index (κ1) is 17.5. The number of hydrogen-bond acceptors (Lipinski definition) is 3. The molecule has 1 N–H and O–H groups in total. The van der Waals surface area contributed by atoms with Crippen molar-refractivity contribution < 1.29 is 9.18 Å². The predicted molar refractivity (Wildman–Crippen MR) is 98.7 cm³/mol. The number of benzene rings is 2. The number of nitrogens with one attached hydrogen (secondary N) is 1. The third-order valence-electron chi connectivity index (χ3n) is 3.93. The lowest BCUT2D eigenvalue weighted by Crippen LogP contribution is -2.17. The van der Waals surface area contributed by atoms with Gasteiger partial charge in [-0.05, 0) is 43.7 Å². The summed E-state index contributed by atoms with van der Waals surface area (Å²) in [5.74, 6) is -0.741. The maximum Gasteiger partial charge on any atom is 0.271 e. The van der Waals surface area contributed by atoms with E-state index in [4.69, 9.17) is 0 Å². The van der Waals surface area contributed by atoms with Gasteiger partial charge in [-0.3, -0.25) is 9.48 Å². The number of aryl methyl sites for hydroxylation is 2. The molecule has 3 aromatic rings. The first-order chi connectivity index (χ1) is 12.5. The smallest absolute Gasteiger partial charge is 0.267 e. The van der Waals surface area contributed by atoms with Gasteiger partial charge in [0.25, 0.3) is 5.91 Å². The number of aromatic nitrogens is 2. The second-order valence-electron chi connectivity index (χ2n) is 6.00. The van der Waals surface area contributed by atoms with Crippen LogP contribution in [0.1, 0.15) is 32.9 Å². The molecule has 0 saturated heterocycles. The molecule has 0 radical (unpaired) electrons. The van der Waals surface area contributed by atoms with Crippen molar-refractivity contribution in [2.45, 2.75) is 20.4 Å². The number of amides is 1. The second kappa shape index (κ2) is 7.74. The van der Waals surface area contributed by atoms with Crippen molar-refractivity contribution >= 4 is 12.1 Å². The molecular weight excluding hydrogens is 331 g/mol. The van der Waals surface area contributed by atoms with E-state index in [2.05, 4.69) is 15.6 Å². The van der Waals surface area contributed by atoms with Crippen molar-refractivity contribution in [2.24, 2.45) is 5.10 Å². The topological polar surface area (TPSA) is 59.3 Å². The Morgan fingerprint density at radius 2 is 1.92 bits per heavy atom. The van der Waals surface area contributed by atoms with E-state index >= 15 is 0 Å². The summed E-state index contributed by atoms with van der Waals surface area (Å²) in [5, 5.41) is 8.23. The van der Waals surface area contributed by atoms with Crippen LogP contribution in [0, 0.1) is 19.7 Å². The molecule has 0 fully saturated rings. The van der Waals surface area contributed by atoms with Crippen LogP contribution in [0.2, 0.25) is 0 Å². The van der Waals surface area contributed by atoms with Gasteiger partial charge < -0.3 is 0 Å². The van der Waals surface area contributed by atoms with Crippen LogP contribution in [-0.4, -0.2) is 21.9 Å². The van der Waals surface area contributed by atoms with Gasteiger partial charge in [-0.1, -0.05) is 30.3 Å². The number of carbonyl (C=O) groups excluding carboxylic acids is 1.